The lowest BCUT2D eigenvalue weighted by molar-refractivity contribution is 0.341. The highest BCUT2D eigenvalue weighted by molar-refractivity contribution is 6.30. The molecule has 1 heterocycles. The summed E-state index contributed by atoms with van der Waals surface area (Å²) in [6.45, 7) is 6.68. The smallest absolute Gasteiger partial charge is 0.0408 e. The predicted molar refractivity (Wildman–Crippen MR) is 98.7 cm³/mol. The van der Waals surface area contributed by atoms with Gasteiger partial charge in [-0.3, -0.25) is 0 Å². The summed E-state index contributed by atoms with van der Waals surface area (Å²) in [6, 6.07) is 6.38. The monoisotopic (exact) mass is 328 g/mol. The second kappa shape index (κ2) is 7.37. The van der Waals surface area contributed by atoms with Crippen LogP contribution >= 0.6 is 11.6 Å². The Kier molecular flexibility index (Phi) is 5.24. The number of aryl methyl sites for hydroxylation is 1. The van der Waals surface area contributed by atoms with Gasteiger partial charge in [0, 0.05) is 10.9 Å². The molecule has 1 aromatic carbocycles. The fourth-order valence-electron chi connectivity index (χ4n) is 3.99. The van der Waals surface area contributed by atoms with Crippen LogP contribution in [0, 0.1) is 5.92 Å². The average molecular weight is 329 g/mol. The minimum absolute atomic E-state index is 0.393. The number of piperidine rings is 1. The summed E-state index contributed by atoms with van der Waals surface area (Å²) in [7, 11) is 0. The average Bonchev–Trinajstić information content (AvgIpc) is 2.70. The fourth-order valence-corrected chi connectivity index (χ4v) is 4.18. The van der Waals surface area contributed by atoms with Crippen LogP contribution in [0.3, 0.4) is 0 Å². The van der Waals surface area contributed by atoms with Gasteiger partial charge in [-0.15, -0.1) is 0 Å². The molecule has 1 saturated heterocycles. The van der Waals surface area contributed by atoms with Gasteiger partial charge in [0.1, 0.15) is 0 Å². The first-order valence-corrected chi connectivity index (χ1v) is 8.84. The molecule has 23 heavy (non-hydrogen) atoms. The molecular weight excluding hydrogens is 304 g/mol. The summed E-state index contributed by atoms with van der Waals surface area (Å²) >= 11 is 6.25. The third kappa shape index (κ3) is 3.54. The highest BCUT2D eigenvalue weighted by Crippen LogP contribution is 2.44. The molecular formula is C20H25ClN2. The Morgan fingerprint density at radius 3 is 2.74 bits per heavy atom. The molecule has 1 atom stereocenters. The molecule has 0 radical (unpaired) electrons. The van der Waals surface area contributed by atoms with Gasteiger partial charge in [-0.1, -0.05) is 30.3 Å². The fraction of sp³-hybridized carbons (Fsp3) is 0.400. The van der Waals surface area contributed by atoms with E-state index in [1.165, 1.54) is 35.1 Å². The molecule has 122 valence electrons. The standard InChI is InChI=1S/C20H25ClN2/c1-14-15(3-2-10-22)4-5-17-13-18(21)6-7-19(17)20(14)16-8-11-23-12-9-16/h2-3,6-7,10,13,16,20,23H,1,4-5,8-9,11-12,22H2/b10-2-,15-3-. The van der Waals surface area contributed by atoms with Crippen molar-refractivity contribution in [1.29, 1.82) is 0 Å². The van der Waals surface area contributed by atoms with Crippen molar-refractivity contribution in [2.24, 2.45) is 11.7 Å². The van der Waals surface area contributed by atoms with E-state index in [0.717, 1.165) is 31.0 Å². The van der Waals surface area contributed by atoms with Crippen LogP contribution in [-0.2, 0) is 6.42 Å². The molecule has 1 fully saturated rings. The normalized spacial score (nSPS) is 24.8. The van der Waals surface area contributed by atoms with E-state index in [2.05, 4.69) is 30.1 Å². The van der Waals surface area contributed by atoms with E-state index in [-0.39, 0.29) is 0 Å². The van der Waals surface area contributed by atoms with Gasteiger partial charge in [0.05, 0.1) is 0 Å². The van der Waals surface area contributed by atoms with E-state index < -0.39 is 0 Å². The van der Waals surface area contributed by atoms with Gasteiger partial charge in [-0.25, -0.2) is 0 Å². The van der Waals surface area contributed by atoms with Crippen LogP contribution in [0.5, 0.6) is 0 Å². The minimum Gasteiger partial charge on any atom is -0.405 e. The van der Waals surface area contributed by atoms with Crippen LogP contribution in [0.4, 0.5) is 0 Å². The van der Waals surface area contributed by atoms with Crippen molar-refractivity contribution in [1.82, 2.24) is 5.32 Å². The quantitative estimate of drug-likeness (QED) is 0.793. The van der Waals surface area contributed by atoms with Crippen LogP contribution in [0.25, 0.3) is 0 Å². The summed E-state index contributed by atoms with van der Waals surface area (Å²) in [4.78, 5) is 0. The summed E-state index contributed by atoms with van der Waals surface area (Å²) in [5.41, 5.74) is 10.9. The molecule has 3 N–H and O–H groups in total. The first-order chi connectivity index (χ1) is 11.2. The Labute approximate surface area is 144 Å². The molecule has 0 amide bonds. The molecule has 0 spiro atoms. The molecule has 1 aliphatic heterocycles. The number of benzene rings is 1. The van der Waals surface area contributed by atoms with Crippen LogP contribution in [0.1, 0.15) is 36.3 Å². The molecule has 3 heteroatoms. The highest BCUT2D eigenvalue weighted by Gasteiger charge is 2.31. The van der Waals surface area contributed by atoms with Crippen LogP contribution < -0.4 is 11.1 Å². The lowest BCUT2D eigenvalue weighted by Gasteiger charge is -2.33. The van der Waals surface area contributed by atoms with E-state index in [1.807, 2.05) is 12.1 Å². The molecule has 0 saturated carbocycles. The lowest BCUT2D eigenvalue weighted by Crippen LogP contribution is -2.31. The second-order valence-corrected chi connectivity index (χ2v) is 6.95. The SMILES string of the molecule is C=C1/C(=C\C=C/N)CCc2cc(Cl)ccc2C1C1CCNCC1. The number of rotatable bonds is 2. The molecule has 2 aliphatic rings. The lowest BCUT2D eigenvalue weighted by atomic mass is 9.74. The third-order valence-corrected chi connectivity index (χ3v) is 5.39. The zero-order chi connectivity index (χ0) is 16.2. The molecule has 2 nitrogen and oxygen atoms in total. The van der Waals surface area contributed by atoms with Gasteiger partial charge in [0.25, 0.3) is 0 Å². The van der Waals surface area contributed by atoms with Crippen LogP contribution in [-0.4, -0.2) is 13.1 Å². The Morgan fingerprint density at radius 1 is 1.22 bits per heavy atom. The van der Waals surface area contributed by atoms with Crippen molar-refractivity contribution in [3.05, 3.63) is 70.4 Å². The van der Waals surface area contributed by atoms with Crippen molar-refractivity contribution < 1.29 is 0 Å². The maximum Gasteiger partial charge on any atom is 0.0408 e. The predicted octanol–water partition coefficient (Wildman–Crippen LogP) is 4.32. The largest absolute Gasteiger partial charge is 0.405 e. The number of halogens is 1. The van der Waals surface area contributed by atoms with Crippen molar-refractivity contribution in [2.75, 3.05) is 13.1 Å². The number of allylic oxidation sites excluding steroid dienone is 4. The second-order valence-electron chi connectivity index (χ2n) is 6.51. The number of nitrogens with one attached hydrogen (secondary N) is 1. The Balaban J connectivity index is 2.04. The highest BCUT2D eigenvalue weighted by atomic mass is 35.5. The first kappa shape index (κ1) is 16.4. The maximum atomic E-state index is 6.25. The number of hydrogen-bond acceptors (Lipinski definition) is 2. The van der Waals surface area contributed by atoms with Gasteiger partial charge < -0.3 is 11.1 Å². The van der Waals surface area contributed by atoms with Crippen LogP contribution in [0.2, 0.25) is 5.02 Å². The minimum atomic E-state index is 0.393. The van der Waals surface area contributed by atoms with E-state index >= 15 is 0 Å². The molecule has 1 aromatic rings. The third-order valence-electron chi connectivity index (χ3n) is 5.16. The van der Waals surface area contributed by atoms with Crippen molar-refractivity contribution >= 4 is 11.6 Å². The van der Waals surface area contributed by atoms with Crippen molar-refractivity contribution in [3.8, 4) is 0 Å². The Morgan fingerprint density at radius 2 is 2.00 bits per heavy atom. The maximum absolute atomic E-state index is 6.25. The number of nitrogens with two attached hydrogens (primary N) is 1. The van der Waals surface area contributed by atoms with Gasteiger partial charge >= 0.3 is 0 Å². The van der Waals surface area contributed by atoms with Gasteiger partial charge in [-0.2, -0.15) is 0 Å². The molecule has 0 aromatic heterocycles. The van der Waals surface area contributed by atoms with Crippen molar-refractivity contribution in [2.45, 2.75) is 31.6 Å². The zero-order valence-corrected chi connectivity index (χ0v) is 14.3. The molecule has 3 rings (SSSR count). The van der Waals surface area contributed by atoms with Crippen molar-refractivity contribution in [3.63, 3.8) is 0 Å². The Bertz CT molecular complexity index is 639. The summed E-state index contributed by atoms with van der Waals surface area (Å²) in [6.07, 6.45) is 10.1. The van der Waals surface area contributed by atoms with Gasteiger partial charge in [0.2, 0.25) is 0 Å². The first-order valence-electron chi connectivity index (χ1n) is 8.46. The van der Waals surface area contributed by atoms with Crippen LogP contribution in [0.15, 0.2) is 54.3 Å². The van der Waals surface area contributed by atoms with E-state index in [1.54, 1.807) is 6.20 Å². The summed E-state index contributed by atoms with van der Waals surface area (Å²) in [5.74, 6) is 1.04. The number of fused-ring (bicyclic) bond motifs is 1. The van der Waals surface area contributed by atoms with Gasteiger partial charge in [-0.05, 0) is 91.4 Å². The molecule has 1 aliphatic carbocycles. The number of hydrogen-bond donors (Lipinski definition) is 2. The molecule has 1 unspecified atom stereocenters. The van der Waals surface area contributed by atoms with E-state index in [4.69, 9.17) is 17.3 Å². The summed E-state index contributed by atoms with van der Waals surface area (Å²) < 4.78 is 0. The Hall–Kier alpha value is -1.51. The summed E-state index contributed by atoms with van der Waals surface area (Å²) in [5, 5.41) is 4.30. The topological polar surface area (TPSA) is 38.0 Å². The zero-order valence-electron chi connectivity index (χ0n) is 13.5. The van der Waals surface area contributed by atoms with E-state index in [9.17, 15) is 0 Å². The molecule has 0 bridgehead atoms. The van der Waals surface area contributed by atoms with E-state index in [0.29, 0.717) is 11.8 Å². The van der Waals surface area contributed by atoms with Gasteiger partial charge in [0.15, 0.2) is 0 Å².